The van der Waals surface area contributed by atoms with E-state index in [-0.39, 0.29) is 11.8 Å². The van der Waals surface area contributed by atoms with Gasteiger partial charge in [0, 0.05) is 11.1 Å². The van der Waals surface area contributed by atoms with E-state index in [1.54, 1.807) is 30.3 Å². The number of ether oxygens (including phenoxy) is 2. The third-order valence-corrected chi connectivity index (χ3v) is 9.69. The summed E-state index contributed by atoms with van der Waals surface area (Å²) in [6.45, 7) is 5.44. The molecule has 0 N–H and O–H groups in total. The van der Waals surface area contributed by atoms with Crippen molar-refractivity contribution in [2.24, 2.45) is 0 Å². The normalized spacial score (nSPS) is 11.2. The van der Waals surface area contributed by atoms with Crippen LogP contribution in [-0.2, 0) is 4.74 Å². The van der Waals surface area contributed by atoms with E-state index in [1.165, 1.54) is 109 Å². The summed E-state index contributed by atoms with van der Waals surface area (Å²) in [4.78, 5) is 17.0. The maximum Gasteiger partial charge on any atom is 0.338 e. The molecule has 1 aromatic heterocycles. The predicted octanol–water partition coefficient (Wildman–Crippen LogP) is 13.6. The van der Waals surface area contributed by atoms with Gasteiger partial charge in [-0.05, 0) is 60.4 Å². The fraction of sp³-hybridized carbons (Fsp3) is 0.533. The molecule has 6 nitrogen and oxygen atoms in total. The first-order valence-electron chi connectivity index (χ1n) is 20.2. The summed E-state index contributed by atoms with van der Waals surface area (Å²) in [5, 5.41) is 4.13. The minimum absolute atomic E-state index is 0.298. The van der Waals surface area contributed by atoms with Gasteiger partial charge in [-0.15, -0.1) is 0 Å². The van der Waals surface area contributed by atoms with Crippen LogP contribution in [0.1, 0.15) is 153 Å². The summed E-state index contributed by atoms with van der Waals surface area (Å²) in [6.07, 6.45) is 25.1. The molecule has 0 saturated heterocycles. The third kappa shape index (κ3) is 14.6. The van der Waals surface area contributed by atoms with E-state index in [2.05, 4.69) is 24.0 Å². The molecular weight excluding hydrogens is 652 g/mol. The number of rotatable bonds is 27. The molecule has 0 aliphatic heterocycles. The van der Waals surface area contributed by atoms with Crippen molar-refractivity contribution in [3.05, 3.63) is 78.1 Å². The lowest BCUT2D eigenvalue weighted by Crippen LogP contribution is -2.06. The van der Waals surface area contributed by atoms with Gasteiger partial charge < -0.3 is 14.0 Å². The standard InChI is InChI=1S/C45H61FN2O4/c1-3-5-7-9-11-12-13-14-15-16-17-18-20-21-33-50-42-32-31-40(35-41(42)46)36-23-27-38(28-24-36)44-47-43(48-52-44)37-25-29-39(30-26-37)45(49)51-34-22-19-10-8-6-4-2/h23-32,35H,3-22,33-34H2,1-2H3. The highest BCUT2D eigenvalue weighted by molar-refractivity contribution is 5.89. The minimum atomic E-state index is -0.356. The van der Waals surface area contributed by atoms with Crippen molar-refractivity contribution < 1.29 is 23.2 Å². The number of hydrogen-bond donors (Lipinski definition) is 0. The number of benzene rings is 3. The van der Waals surface area contributed by atoms with Crippen molar-refractivity contribution in [3.63, 3.8) is 0 Å². The largest absolute Gasteiger partial charge is 0.491 e. The van der Waals surface area contributed by atoms with Crippen LogP contribution in [0, 0.1) is 5.82 Å². The van der Waals surface area contributed by atoms with E-state index in [4.69, 9.17) is 14.0 Å². The second-order valence-corrected chi connectivity index (χ2v) is 14.1. The maximum absolute atomic E-state index is 14.9. The number of nitrogens with zero attached hydrogens (tertiary/aromatic N) is 2. The first-order chi connectivity index (χ1) is 25.6. The molecular formula is C45H61FN2O4. The van der Waals surface area contributed by atoms with Crippen LogP contribution in [0.25, 0.3) is 34.0 Å². The molecule has 4 rings (SSSR count). The van der Waals surface area contributed by atoms with Gasteiger partial charge >= 0.3 is 5.97 Å². The van der Waals surface area contributed by atoms with Crippen LogP contribution in [0.15, 0.2) is 71.3 Å². The number of esters is 1. The Kier molecular flexibility index (Phi) is 19.0. The lowest BCUT2D eigenvalue weighted by Gasteiger charge is -2.09. The molecule has 0 atom stereocenters. The van der Waals surface area contributed by atoms with Crippen LogP contribution in [0.3, 0.4) is 0 Å². The van der Waals surface area contributed by atoms with Crippen LogP contribution in [0.5, 0.6) is 5.75 Å². The summed E-state index contributed by atoms with van der Waals surface area (Å²) in [5.41, 5.74) is 3.63. The van der Waals surface area contributed by atoms with E-state index >= 15 is 0 Å². The fourth-order valence-electron chi connectivity index (χ4n) is 6.43. The maximum atomic E-state index is 14.9. The van der Waals surface area contributed by atoms with Crippen LogP contribution < -0.4 is 4.74 Å². The first-order valence-corrected chi connectivity index (χ1v) is 20.2. The van der Waals surface area contributed by atoms with Crippen molar-refractivity contribution in [2.45, 2.75) is 142 Å². The highest BCUT2D eigenvalue weighted by Crippen LogP contribution is 2.29. The Labute approximate surface area is 311 Å². The second kappa shape index (κ2) is 24.3. The summed E-state index contributed by atoms with van der Waals surface area (Å²) in [7, 11) is 0. The molecule has 0 fully saturated rings. The highest BCUT2D eigenvalue weighted by Gasteiger charge is 2.14. The summed E-state index contributed by atoms with van der Waals surface area (Å²) >= 11 is 0. The minimum Gasteiger partial charge on any atom is -0.491 e. The van der Waals surface area contributed by atoms with Gasteiger partial charge in [0.05, 0.1) is 18.8 Å². The Bertz CT molecular complexity index is 1550. The summed E-state index contributed by atoms with van der Waals surface area (Å²) in [6, 6.07) is 19.7. The molecule has 0 radical (unpaired) electrons. The quantitative estimate of drug-likeness (QED) is 0.0452. The van der Waals surface area contributed by atoms with Crippen molar-refractivity contribution in [2.75, 3.05) is 13.2 Å². The Hall–Kier alpha value is -4.00. The molecule has 7 heteroatoms. The molecule has 0 unspecified atom stereocenters. The molecule has 282 valence electrons. The average molecular weight is 713 g/mol. The average Bonchev–Trinajstić information content (AvgIpc) is 3.67. The molecule has 1 heterocycles. The molecule has 4 aromatic rings. The SMILES string of the molecule is CCCCCCCCCCCCCCCCOc1ccc(-c2ccc(-c3nc(-c4ccc(C(=O)OCCCCCCCC)cc4)no3)cc2)cc1F. The van der Waals surface area contributed by atoms with E-state index < -0.39 is 0 Å². The van der Waals surface area contributed by atoms with Gasteiger partial charge in [0.2, 0.25) is 5.82 Å². The monoisotopic (exact) mass is 712 g/mol. The second-order valence-electron chi connectivity index (χ2n) is 14.1. The van der Waals surface area contributed by atoms with Crippen LogP contribution in [-0.4, -0.2) is 29.3 Å². The van der Waals surface area contributed by atoms with E-state index in [0.29, 0.717) is 36.2 Å². The summed E-state index contributed by atoms with van der Waals surface area (Å²) < 4.78 is 31.7. The number of aromatic nitrogens is 2. The molecule has 3 aromatic carbocycles. The molecule has 0 aliphatic carbocycles. The first kappa shape index (κ1) is 40.8. The topological polar surface area (TPSA) is 74.5 Å². The number of hydrogen-bond acceptors (Lipinski definition) is 6. The zero-order valence-corrected chi connectivity index (χ0v) is 31.8. The third-order valence-electron chi connectivity index (χ3n) is 9.69. The van der Waals surface area contributed by atoms with Gasteiger partial charge in [-0.3, -0.25) is 0 Å². The molecule has 0 amide bonds. The smallest absolute Gasteiger partial charge is 0.338 e. The number of unbranched alkanes of at least 4 members (excludes halogenated alkanes) is 18. The Morgan fingerprint density at radius 1 is 0.577 bits per heavy atom. The van der Waals surface area contributed by atoms with Gasteiger partial charge in [0.25, 0.3) is 5.89 Å². The van der Waals surface area contributed by atoms with Gasteiger partial charge in [-0.2, -0.15) is 4.98 Å². The number of carbonyl (C=O) groups is 1. The summed E-state index contributed by atoms with van der Waals surface area (Å²) in [5.74, 6) is 0.425. The Morgan fingerprint density at radius 2 is 1.06 bits per heavy atom. The molecule has 0 aliphatic rings. The molecule has 52 heavy (non-hydrogen) atoms. The predicted molar refractivity (Wildman–Crippen MR) is 210 cm³/mol. The van der Waals surface area contributed by atoms with Gasteiger partial charge in [0.15, 0.2) is 11.6 Å². The van der Waals surface area contributed by atoms with Crippen LogP contribution in [0.2, 0.25) is 0 Å². The zero-order chi connectivity index (χ0) is 36.6. The highest BCUT2D eigenvalue weighted by atomic mass is 19.1. The fourth-order valence-corrected chi connectivity index (χ4v) is 6.43. The zero-order valence-electron chi connectivity index (χ0n) is 31.8. The number of carbonyl (C=O) groups excluding carboxylic acids is 1. The van der Waals surface area contributed by atoms with Crippen molar-refractivity contribution >= 4 is 5.97 Å². The van der Waals surface area contributed by atoms with Crippen molar-refractivity contribution in [1.82, 2.24) is 10.1 Å². The van der Waals surface area contributed by atoms with Gasteiger partial charge in [-0.25, -0.2) is 9.18 Å². The van der Waals surface area contributed by atoms with E-state index in [1.807, 2.05) is 30.3 Å². The van der Waals surface area contributed by atoms with E-state index in [9.17, 15) is 9.18 Å². The van der Waals surface area contributed by atoms with Crippen LogP contribution in [0.4, 0.5) is 4.39 Å². The van der Waals surface area contributed by atoms with Crippen LogP contribution >= 0.6 is 0 Å². The Morgan fingerprint density at radius 3 is 1.62 bits per heavy atom. The van der Waals surface area contributed by atoms with E-state index in [0.717, 1.165) is 47.9 Å². The molecule has 0 bridgehead atoms. The lowest BCUT2D eigenvalue weighted by molar-refractivity contribution is 0.0497. The lowest BCUT2D eigenvalue weighted by atomic mass is 10.0. The van der Waals surface area contributed by atoms with Crippen molar-refractivity contribution in [3.8, 4) is 39.7 Å². The van der Waals surface area contributed by atoms with Gasteiger partial charge in [-0.1, -0.05) is 165 Å². The van der Waals surface area contributed by atoms with Crippen molar-refractivity contribution in [1.29, 1.82) is 0 Å². The molecule has 0 saturated carbocycles. The molecule has 0 spiro atoms. The number of halogens is 1. The Balaban J connectivity index is 1.14. The van der Waals surface area contributed by atoms with Gasteiger partial charge in [0.1, 0.15) is 0 Å².